The number of carbonyl (C=O) groups excluding carboxylic acids is 1. The van der Waals surface area contributed by atoms with Crippen molar-refractivity contribution < 1.29 is 19.0 Å². The maximum Gasteiger partial charge on any atom is 0.242 e. The van der Waals surface area contributed by atoms with Gasteiger partial charge >= 0.3 is 0 Å². The highest BCUT2D eigenvalue weighted by molar-refractivity contribution is 8.15. The minimum Gasteiger partial charge on any atom is -0.497 e. The molecule has 0 bridgehead atoms. The van der Waals surface area contributed by atoms with Crippen molar-refractivity contribution in [2.75, 3.05) is 28.4 Å². The summed E-state index contributed by atoms with van der Waals surface area (Å²) in [6.07, 6.45) is 0.467. The molecule has 1 atom stereocenters. The van der Waals surface area contributed by atoms with E-state index in [0.717, 1.165) is 17.0 Å². The van der Waals surface area contributed by atoms with Crippen LogP contribution in [0.4, 0.5) is 5.69 Å². The number of benzene rings is 2. The van der Waals surface area contributed by atoms with Gasteiger partial charge in [0, 0.05) is 18.1 Å². The second-order valence-electron chi connectivity index (χ2n) is 6.10. The number of hydrogen-bond donors (Lipinski definition) is 0. The lowest BCUT2D eigenvalue weighted by atomic mass is 10.1. The largest absolute Gasteiger partial charge is 0.497 e. The molecule has 28 heavy (non-hydrogen) atoms. The summed E-state index contributed by atoms with van der Waals surface area (Å²) in [7, 11) is 6.47. The first kappa shape index (κ1) is 20.4. The molecule has 6 nitrogen and oxygen atoms in total. The van der Waals surface area contributed by atoms with Gasteiger partial charge in [-0.05, 0) is 42.3 Å². The number of methoxy groups -OCH3 is 3. The molecule has 1 heterocycles. The Balaban J connectivity index is 1.81. The van der Waals surface area contributed by atoms with Crippen molar-refractivity contribution >= 4 is 40.1 Å². The average molecular weight is 421 g/mol. The Morgan fingerprint density at radius 1 is 1.07 bits per heavy atom. The lowest BCUT2D eigenvalue weighted by molar-refractivity contribution is -0.125. The van der Waals surface area contributed by atoms with Crippen molar-refractivity contribution in [2.45, 2.75) is 11.7 Å². The van der Waals surface area contributed by atoms with Gasteiger partial charge in [0.05, 0.1) is 32.3 Å². The first-order valence-corrected chi connectivity index (χ1v) is 9.80. The maximum absolute atomic E-state index is 12.7. The highest BCUT2D eigenvalue weighted by Gasteiger charge is 2.36. The number of rotatable bonds is 6. The molecule has 1 fully saturated rings. The third-order valence-electron chi connectivity index (χ3n) is 4.40. The van der Waals surface area contributed by atoms with Gasteiger partial charge in [0.15, 0.2) is 16.7 Å². The van der Waals surface area contributed by atoms with Crippen molar-refractivity contribution in [1.82, 2.24) is 4.90 Å². The lowest BCUT2D eigenvalue weighted by Crippen LogP contribution is -2.28. The Hall–Kier alpha value is -2.38. The smallest absolute Gasteiger partial charge is 0.242 e. The van der Waals surface area contributed by atoms with Crippen LogP contribution in [0.2, 0.25) is 5.02 Å². The summed E-state index contributed by atoms with van der Waals surface area (Å²) in [5, 5.41) is 0.878. The van der Waals surface area contributed by atoms with Crippen LogP contribution in [0.1, 0.15) is 5.56 Å². The summed E-state index contributed by atoms with van der Waals surface area (Å²) >= 11 is 7.81. The van der Waals surface area contributed by atoms with E-state index >= 15 is 0 Å². The lowest BCUT2D eigenvalue weighted by Gasteiger charge is -2.13. The fraction of sp³-hybridized carbons (Fsp3) is 0.300. The first-order valence-electron chi connectivity index (χ1n) is 8.54. The summed E-state index contributed by atoms with van der Waals surface area (Å²) in [6.45, 7) is 0. The second kappa shape index (κ2) is 8.75. The van der Waals surface area contributed by atoms with E-state index < -0.39 is 0 Å². The Labute approximate surface area is 173 Å². The van der Waals surface area contributed by atoms with E-state index in [9.17, 15) is 4.79 Å². The molecule has 0 unspecified atom stereocenters. The molecule has 1 aliphatic rings. The van der Waals surface area contributed by atoms with E-state index in [1.165, 1.54) is 11.8 Å². The zero-order valence-electron chi connectivity index (χ0n) is 16.1. The SMILES string of the molecule is COc1ccc(N=C2S[C@@H](Cc3cc(OC)c(OC)cc3Cl)C(=O)N2C)cc1. The number of amidine groups is 1. The van der Waals surface area contributed by atoms with E-state index in [-0.39, 0.29) is 11.2 Å². The normalized spacial score (nSPS) is 17.9. The molecule has 0 N–H and O–H groups in total. The number of hydrogen-bond acceptors (Lipinski definition) is 6. The van der Waals surface area contributed by atoms with Crippen LogP contribution in [-0.4, -0.2) is 49.6 Å². The minimum absolute atomic E-state index is 0.0110. The summed E-state index contributed by atoms with van der Waals surface area (Å²) in [6, 6.07) is 10.9. The van der Waals surface area contributed by atoms with Crippen LogP contribution in [0, 0.1) is 0 Å². The number of thioether (sulfide) groups is 1. The molecule has 0 spiro atoms. The Bertz CT molecular complexity index is 902. The second-order valence-corrected chi connectivity index (χ2v) is 7.68. The van der Waals surface area contributed by atoms with Crippen LogP contribution < -0.4 is 14.2 Å². The maximum atomic E-state index is 12.7. The third-order valence-corrected chi connectivity index (χ3v) is 5.98. The molecule has 0 aromatic heterocycles. The topological polar surface area (TPSA) is 60.4 Å². The van der Waals surface area contributed by atoms with Gasteiger partial charge in [-0.25, -0.2) is 4.99 Å². The van der Waals surface area contributed by atoms with Crippen LogP contribution in [0.5, 0.6) is 17.2 Å². The van der Waals surface area contributed by atoms with Crippen LogP contribution >= 0.6 is 23.4 Å². The molecule has 8 heteroatoms. The van der Waals surface area contributed by atoms with Gasteiger partial charge in [-0.3, -0.25) is 9.69 Å². The number of nitrogens with zero attached hydrogens (tertiary/aromatic N) is 2. The summed E-state index contributed by atoms with van der Waals surface area (Å²) in [5.74, 6) is 1.88. The molecule has 3 rings (SSSR count). The summed E-state index contributed by atoms with van der Waals surface area (Å²) in [4.78, 5) is 18.9. The summed E-state index contributed by atoms with van der Waals surface area (Å²) < 4.78 is 15.8. The molecule has 0 saturated carbocycles. The molecule has 0 radical (unpaired) electrons. The van der Waals surface area contributed by atoms with E-state index in [4.69, 9.17) is 25.8 Å². The van der Waals surface area contributed by atoms with Crippen LogP contribution in [0.15, 0.2) is 41.4 Å². The predicted octanol–water partition coefficient (Wildman–Crippen LogP) is 4.17. The number of carbonyl (C=O) groups is 1. The van der Waals surface area contributed by atoms with Gasteiger partial charge in [-0.15, -0.1) is 0 Å². The number of ether oxygens (including phenoxy) is 3. The Morgan fingerprint density at radius 2 is 1.71 bits per heavy atom. The number of halogens is 1. The van der Waals surface area contributed by atoms with E-state index in [1.54, 1.807) is 39.3 Å². The summed E-state index contributed by atoms with van der Waals surface area (Å²) in [5.41, 5.74) is 1.58. The van der Waals surface area contributed by atoms with Gasteiger partial charge < -0.3 is 14.2 Å². The quantitative estimate of drug-likeness (QED) is 0.701. The van der Waals surface area contributed by atoms with E-state index in [1.807, 2.05) is 30.3 Å². The third kappa shape index (κ3) is 4.20. The van der Waals surface area contributed by atoms with Crippen molar-refractivity contribution in [3.63, 3.8) is 0 Å². The highest BCUT2D eigenvalue weighted by atomic mass is 35.5. The number of aliphatic imine (C=N–C) groups is 1. The van der Waals surface area contributed by atoms with Gasteiger partial charge in [0.1, 0.15) is 5.75 Å². The van der Waals surface area contributed by atoms with Crippen molar-refractivity contribution in [2.24, 2.45) is 4.99 Å². The molecule has 2 aromatic rings. The van der Waals surface area contributed by atoms with Crippen molar-refractivity contribution in [3.05, 3.63) is 47.0 Å². The van der Waals surface area contributed by atoms with Crippen LogP contribution in [0.3, 0.4) is 0 Å². The fourth-order valence-electron chi connectivity index (χ4n) is 2.82. The molecule has 1 aliphatic heterocycles. The fourth-order valence-corrected chi connectivity index (χ4v) is 4.23. The molecular formula is C20H21ClN2O4S. The van der Waals surface area contributed by atoms with Crippen LogP contribution in [0.25, 0.3) is 0 Å². The molecule has 0 aliphatic carbocycles. The standard InChI is InChI=1S/C20H21ClN2O4S/c1-23-19(24)18(10-12-9-16(26-3)17(27-4)11-15(12)21)28-20(23)22-13-5-7-14(25-2)8-6-13/h5-9,11,18H,10H2,1-4H3/t18-/m0/s1. The molecular weight excluding hydrogens is 400 g/mol. The van der Waals surface area contributed by atoms with Crippen LogP contribution in [-0.2, 0) is 11.2 Å². The zero-order chi connectivity index (χ0) is 20.3. The minimum atomic E-state index is -0.308. The van der Waals surface area contributed by atoms with Crippen molar-refractivity contribution in [3.8, 4) is 17.2 Å². The average Bonchev–Trinajstić information content (AvgIpc) is 2.97. The van der Waals surface area contributed by atoms with Crippen molar-refractivity contribution in [1.29, 1.82) is 0 Å². The zero-order valence-corrected chi connectivity index (χ0v) is 17.6. The monoisotopic (exact) mass is 420 g/mol. The van der Waals surface area contributed by atoms with E-state index in [0.29, 0.717) is 28.1 Å². The molecule has 148 valence electrons. The molecule has 1 amide bonds. The molecule has 2 aromatic carbocycles. The Morgan fingerprint density at radius 3 is 2.32 bits per heavy atom. The first-order chi connectivity index (χ1) is 13.5. The van der Waals surface area contributed by atoms with Gasteiger partial charge in [0.25, 0.3) is 0 Å². The van der Waals surface area contributed by atoms with Gasteiger partial charge in [-0.1, -0.05) is 23.4 Å². The Kier molecular flexibility index (Phi) is 6.36. The molecule has 1 saturated heterocycles. The highest BCUT2D eigenvalue weighted by Crippen LogP contribution is 2.37. The van der Waals surface area contributed by atoms with Gasteiger partial charge in [0.2, 0.25) is 5.91 Å². The van der Waals surface area contributed by atoms with Gasteiger partial charge in [-0.2, -0.15) is 0 Å². The predicted molar refractivity (Wildman–Crippen MR) is 112 cm³/mol. The van der Waals surface area contributed by atoms with E-state index in [2.05, 4.69) is 4.99 Å². The number of amides is 1.